The molecule has 1 atom stereocenters. The summed E-state index contributed by atoms with van der Waals surface area (Å²) >= 11 is 1.26. The molecule has 0 amide bonds. The summed E-state index contributed by atoms with van der Waals surface area (Å²) in [6, 6.07) is 1.45. The van der Waals surface area contributed by atoms with Gasteiger partial charge in [-0.15, -0.1) is 11.3 Å². The second-order valence-corrected chi connectivity index (χ2v) is 5.31. The fourth-order valence-corrected chi connectivity index (χ4v) is 2.73. The molecule has 0 bridgehead atoms. The topological polar surface area (TPSA) is 66.6 Å². The largest absolute Gasteiger partial charge is 0.388 e. The van der Waals surface area contributed by atoms with Crippen LogP contribution in [0.2, 0.25) is 0 Å². The quantitative estimate of drug-likeness (QED) is 0.490. The minimum atomic E-state index is -0.689. The number of nitrogens with zero attached hydrogens (tertiary/aromatic N) is 2. The van der Waals surface area contributed by atoms with Gasteiger partial charge in [0.05, 0.1) is 11.0 Å². The fraction of sp³-hybridized carbons (Fsp3) is 0.500. The zero-order valence-electron chi connectivity index (χ0n) is 10.8. The average Bonchev–Trinajstić information content (AvgIpc) is 2.70. The lowest BCUT2D eigenvalue weighted by molar-refractivity contribution is -0.383. The van der Waals surface area contributed by atoms with Crippen molar-refractivity contribution < 1.29 is 10.0 Å². The van der Waals surface area contributed by atoms with Crippen LogP contribution in [0.1, 0.15) is 31.8 Å². The first-order valence-corrected chi connectivity index (χ1v) is 6.54. The van der Waals surface area contributed by atoms with Gasteiger partial charge < -0.3 is 10.0 Å². The summed E-state index contributed by atoms with van der Waals surface area (Å²) in [6.45, 7) is 10.5. The van der Waals surface area contributed by atoms with Crippen molar-refractivity contribution in [2.45, 2.75) is 26.9 Å². The van der Waals surface area contributed by atoms with Gasteiger partial charge in [-0.2, -0.15) is 0 Å². The van der Waals surface area contributed by atoms with E-state index in [1.54, 1.807) is 6.92 Å². The smallest absolute Gasteiger partial charge is 0.304 e. The molecule has 0 aliphatic rings. The SMILES string of the molecule is C=C(C)CN(CC)c1sc([C@H](C)O)cc1[N+](=O)[O-]. The molecule has 0 fully saturated rings. The van der Waals surface area contributed by atoms with Gasteiger partial charge in [0, 0.05) is 24.0 Å². The van der Waals surface area contributed by atoms with Crippen molar-refractivity contribution >= 4 is 22.0 Å². The summed E-state index contributed by atoms with van der Waals surface area (Å²) in [4.78, 5) is 13.1. The van der Waals surface area contributed by atoms with Crippen LogP contribution >= 0.6 is 11.3 Å². The number of thiophene rings is 1. The van der Waals surface area contributed by atoms with E-state index in [0.29, 0.717) is 23.0 Å². The van der Waals surface area contributed by atoms with E-state index in [2.05, 4.69) is 6.58 Å². The number of aliphatic hydroxyl groups excluding tert-OH is 1. The molecule has 18 heavy (non-hydrogen) atoms. The number of rotatable bonds is 6. The van der Waals surface area contributed by atoms with Crippen molar-refractivity contribution in [1.82, 2.24) is 0 Å². The Morgan fingerprint density at radius 2 is 2.33 bits per heavy atom. The van der Waals surface area contributed by atoms with E-state index in [9.17, 15) is 15.2 Å². The molecule has 0 radical (unpaired) electrons. The molecule has 0 aromatic carbocycles. The third-order valence-electron chi connectivity index (χ3n) is 2.45. The van der Waals surface area contributed by atoms with Crippen LogP contribution in [0.3, 0.4) is 0 Å². The third kappa shape index (κ3) is 3.30. The number of nitro groups is 1. The van der Waals surface area contributed by atoms with Gasteiger partial charge in [-0.3, -0.25) is 10.1 Å². The molecule has 1 rings (SSSR count). The minimum absolute atomic E-state index is 0.0546. The molecular weight excluding hydrogens is 252 g/mol. The highest BCUT2D eigenvalue weighted by molar-refractivity contribution is 7.16. The molecule has 1 aromatic heterocycles. The highest BCUT2D eigenvalue weighted by atomic mass is 32.1. The molecule has 0 aliphatic carbocycles. The minimum Gasteiger partial charge on any atom is -0.388 e. The highest BCUT2D eigenvalue weighted by Crippen LogP contribution is 2.40. The van der Waals surface area contributed by atoms with E-state index in [4.69, 9.17) is 0 Å². The zero-order valence-corrected chi connectivity index (χ0v) is 11.7. The number of hydrogen-bond donors (Lipinski definition) is 1. The standard InChI is InChI=1S/C12H18N2O3S/c1-5-13(7-8(2)3)12-10(14(16)17)6-11(18-12)9(4)15/h6,9,15H,2,5,7H2,1,3-4H3/t9-/m0/s1. The summed E-state index contributed by atoms with van der Waals surface area (Å²) < 4.78 is 0. The van der Waals surface area contributed by atoms with Crippen molar-refractivity contribution in [2.24, 2.45) is 0 Å². The van der Waals surface area contributed by atoms with Crippen LogP contribution in [0.15, 0.2) is 18.2 Å². The predicted octanol–water partition coefficient (Wildman–Crippen LogP) is 3.11. The van der Waals surface area contributed by atoms with E-state index in [-0.39, 0.29) is 5.69 Å². The first-order valence-electron chi connectivity index (χ1n) is 5.72. The van der Waals surface area contributed by atoms with E-state index < -0.39 is 11.0 Å². The molecule has 0 aliphatic heterocycles. The Balaban J connectivity index is 3.18. The van der Waals surface area contributed by atoms with Crippen LogP contribution in [-0.2, 0) is 0 Å². The molecular formula is C12H18N2O3S. The Hall–Kier alpha value is -1.40. The van der Waals surface area contributed by atoms with Crippen molar-refractivity contribution in [3.8, 4) is 0 Å². The Morgan fingerprint density at radius 3 is 2.72 bits per heavy atom. The van der Waals surface area contributed by atoms with Gasteiger partial charge in [0.25, 0.3) is 0 Å². The molecule has 5 nitrogen and oxygen atoms in total. The second kappa shape index (κ2) is 5.97. The number of aliphatic hydroxyl groups is 1. The molecule has 0 saturated carbocycles. The van der Waals surface area contributed by atoms with Crippen LogP contribution in [-0.4, -0.2) is 23.1 Å². The Kier molecular flexibility index (Phi) is 4.86. The summed E-state index contributed by atoms with van der Waals surface area (Å²) in [5, 5.41) is 21.2. The molecule has 0 saturated heterocycles. The van der Waals surface area contributed by atoms with Gasteiger partial charge in [0.2, 0.25) is 0 Å². The molecule has 1 heterocycles. The van der Waals surface area contributed by atoms with E-state index in [1.165, 1.54) is 17.4 Å². The Labute approximate surface area is 111 Å². The van der Waals surface area contributed by atoms with Crippen LogP contribution in [0.4, 0.5) is 10.7 Å². The normalized spacial score (nSPS) is 12.2. The van der Waals surface area contributed by atoms with Gasteiger partial charge in [0.1, 0.15) is 0 Å². The van der Waals surface area contributed by atoms with Crippen molar-refractivity contribution in [2.75, 3.05) is 18.0 Å². The maximum absolute atomic E-state index is 11.0. The summed E-state index contributed by atoms with van der Waals surface area (Å²) in [5.74, 6) is 0. The molecule has 0 unspecified atom stereocenters. The molecule has 6 heteroatoms. The van der Waals surface area contributed by atoms with Gasteiger partial charge in [-0.1, -0.05) is 12.2 Å². The molecule has 1 aromatic rings. The monoisotopic (exact) mass is 270 g/mol. The van der Waals surface area contributed by atoms with Crippen molar-refractivity contribution in [3.05, 3.63) is 33.2 Å². The summed E-state index contributed by atoms with van der Waals surface area (Å²) in [7, 11) is 0. The van der Waals surface area contributed by atoms with Gasteiger partial charge >= 0.3 is 5.69 Å². The Morgan fingerprint density at radius 1 is 1.72 bits per heavy atom. The third-order valence-corrected chi connectivity index (χ3v) is 3.81. The molecule has 1 N–H and O–H groups in total. The lowest BCUT2D eigenvalue weighted by atomic mass is 10.3. The van der Waals surface area contributed by atoms with Crippen LogP contribution in [0, 0.1) is 10.1 Å². The van der Waals surface area contributed by atoms with Gasteiger partial charge in [-0.25, -0.2) is 0 Å². The maximum Gasteiger partial charge on any atom is 0.304 e. The predicted molar refractivity (Wildman–Crippen MR) is 74.3 cm³/mol. The first-order chi connectivity index (χ1) is 8.36. The van der Waals surface area contributed by atoms with E-state index in [1.807, 2.05) is 18.7 Å². The van der Waals surface area contributed by atoms with Crippen LogP contribution < -0.4 is 4.90 Å². The first kappa shape index (κ1) is 14.7. The fourth-order valence-electron chi connectivity index (χ4n) is 1.61. The van der Waals surface area contributed by atoms with Crippen LogP contribution in [0.25, 0.3) is 0 Å². The van der Waals surface area contributed by atoms with E-state index in [0.717, 1.165) is 5.57 Å². The van der Waals surface area contributed by atoms with Gasteiger partial charge in [-0.05, 0) is 20.8 Å². The molecule has 0 spiro atoms. The lowest BCUT2D eigenvalue weighted by Gasteiger charge is -2.20. The summed E-state index contributed by atoms with van der Waals surface area (Å²) in [5.41, 5.74) is 0.997. The maximum atomic E-state index is 11.0. The van der Waals surface area contributed by atoms with Crippen molar-refractivity contribution in [1.29, 1.82) is 0 Å². The number of hydrogen-bond acceptors (Lipinski definition) is 5. The van der Waals surface area contributed by atoms with Gasteiger partial charge in [0.15, 0.2) is 5.00 Å². The zero-order chi connectivity index (χ0) is 13.9. The highest BCUT2D eigenvalue weighted by Gasteiger charge is 2.24. The average molecular weight is 270 g/mol. The van der Waals surface area contributed by atoms with Crippen LogP contribution in [0.5, 0.6) is 0 Å². The lowest BCUT2D eigenvalue weighted by Crippen LogP contribution is -2.24. The second-order valence-electron chi connectivity index (χ2n) is 4.24. The van der Waals surface area contributed by atoms with E-state index >= 15 is 0 Å². The molecule has 100 valence electrons. The Bertz CT molecular complexity index is 454. The number of anilines is 1. The number of likely N-dealkylation sites (N-methyl/N-ethyl adjacent to an activating group) is 1. The summed E-state index contributed by atoms with van der Waals surface area (Å²) in [6.07, 6.45) is -0.689. The van der Waals surface area contributed by atoms with Crippen molar-refractivity contribution in [3.63, 3.8) is 0 Å².